The molecule has 0 aromatic rings. The highest BCUT2D eigenvalue weighted by Crippen LogP contribution is 2.17. The molecule has 0 spiro atoms. The van der Waals surface area contributed by atoms with Crippen molar-refractivity contribution in [2.24, 2.45) is 5.92 Å². The highest BCUT2D eigenvalue weighted by Gasteiger charge is 2.17. The van der Waals surface area contributed by atoms with Crippen LogP contribution >= 0.6 is 0 Å². The van der Waals surface area contributed by atoms with Crippen molar-refractivity contribution >= 4 is 6.09 Å². The minimum atomic E-state index is -0.137. The molecule has 0 saturated carbocycles. The maximum atomic E-state index is 11.4. The fourth-order valence-corrected chi connectivity index (χ4v) is 1.91. The van der Waals surface area contributed by atoms with Gasteiger partial charge in [-0.25, -0.2) is 4.79 Å². The Morgan fingerprint density at radius 1 is 1.36 bits per heavy atom. The molecule has 3 heteroatoms. The second-order valence-electron chi connectivity index (χ2n) is 4.08. The first-order chi connectivity index (χ1) is 6.74. The Morgan fingerprint density at radius 2 is 1.93 bits per heavy atom. The number of carbonyl (C=O) groups excluding carboxylic acids is 1. The van der Waals surface area contributed by atoms with E-state index in [1.54, 1.807) is 0 Å². The van der Waals surface area contributed by atoms with E-state index < -0.39 is 0 Å². The van der Waals surface area contributed by atoms with Gasteiger partial charge in [0.25, 0.3) is 0 Å². The fraction of sp³-hybridized carbons (Fsp3) is 0.909. The van der Waals surface area contributed by atoms with E-state index in [0.717, 1.165) is 31.8 Å². The van der Waals surface area contributed by atoms with Crippen LogP contribution in [-0.4, -0.2) is 30.7 Å². The van der Waals surface area contributed by atoms with E-state index in [4.69, 9.17) is 4.74 Å². The molecular formula is C11H21NO2. The first-order valence-electron chi connectivity index (χ1n) is 5.65. The number of ether oxygens (including phenoxy) is 1. The van der Waals surface area contributed by atoms with Crippen molar-refractivity contribution in [3.8, 4) is 0 Å². The largest absolute Gasteiger partial charge is 0.450 e. The van der Waals surface area contributed by atoms with Crippen LogP contribution < -0.4 is 0 Å². The van der Waals surface area contributed by atoms with Crippen molar-refractivity contribution < 1.29 is 9.53 Å². The molecule has 1 fully saturated rings. The molecule has 0 aromatic carbocycles. The molecule has 1 aliphatic rings. The smallest absolute Gasteiger partial charge is 0.409 e. The molecule has 1 aliphatic heterocycles. The summed E-state index contributed by atoms with van der Waals surface area (Å²) < 4.78 is 4.99. The van der Waals surface area contributed by atoms with Gasteiger partial charge in [-0.1, -0.05) is 6.92 Å². The average molecular weight is 199 g/mol. The van der Waals surface area contributed by atoms with Gasteiger partial charge in [-0.2, -0.15) is 0 Å². The minimum Gasteiger partial charge on any atom is -0.450 e. The Kier molecular flexibility index (Phi) is 4.77. The maximum absolute atomic E-state index is 11.4. The summed E-state index contributed by atoms with van der Waals surface area (Å²) in [6, 6.07) is 0. The lowest BCUT2D eigenvalue weighted by atomic mass is 9.98. The Hall–Kier alpha value is -0.730. The third kappa shape index (κ3) is 3.56. The van der Waals surface area contributed by atoms with Gasteiger partial charge < -0.3 is 9.64 Å². The number of hydrogen-bond acceptors (Lipinski definition) is 2. The molecular weight excluding hydrogens is 178 g/mol. The summed E-state index contributed by atoms with van der Waals surface area (Å²) in [5.41, 5.74) is 0. The lowest BCUT2D eigenvalue weighted by molar-refractivity contribution is 0.102. The van der Waals surface area contributed by atoms with Gasteiger partial charge in [0, 0.05) is 13.1 Å². The van der Waals surface area contributed by atoms with Crippen LogP contribution in [0.2, 0.25) is 0 Å². The van der Waals surface area contributed by atoms with Crippen molar-refractivity contribution in [3.63, 3.8) is 0 Å². The van der Waals surface area contributed by atoms with Crippen LogP contribution in [0.1, 0.15) is 39.5 Å². The van der Waals surface area contributed by atoms with Crippen LogP contribution in [0, 0.1) is 5.92 Å². The molecule has 1 rings (SSSR count). The fourth-order valence-electron chi connectivity index (χ4n) is 1.91. The molecule has 3 nitrogen and oxygen atoms in total. The zero-order valence-corrected chi connectivity index (χ0v) is 9.29. The number of carbonyl (C=O) groups is 1. The first-order valence-corrected chi connectivity index (χ1v) is 5.65. The topological polar surface area (TPSA) is 29.5 Å². The molecule has 0 aromatic heterocycles. The Bertz CT molecular complexity index is 172. The number of rotatable bonds is 1. The highest BCUT2D eigenvalue weighted by molar-refractivity contribution is 5.67. The molecule has 1 saturated heterocycles. The third-order valence-electron chi connectivity index (χ3n) is 2.78. The summed E-state index contributed by atoms with van der Waals surface area (Å²) in [7, 11) is 0. The monoisotopic (exact) mass is 199 g/mol. The Balaban J connectivity index is 2.34. The van der Waals surface area contributed by atoms with Gasteiger partial charge in [-0.3, -0.25) is 0 Å². The summed E-state index contributed by atoms with van der Waals surface area (Å²) in [4.78, 5) is 13.3. The summed E-state index contributed by atoms with van der Waals surface area (Å²) >= 11 is 0. The van der Waals surface area contributed by atoms with Crippen molar-refractivity contribution in [1.82, 2.24) is 4.90 Å². The van der Waals surface area contributed by atoms with Gasteiger partial charge >= 0.3 is 6.09 Å². The Labute approximate surface area is 86.4 Å². The van der Waals surface area contributed by atoms with E-state index in [0.29, 0.717) is 6.61 Å². The van der Waals surface area contributed by atoms with Crippen molar-refractivity contribution in [2.45, 2.75) is 39.5 Å². The number of amides is 1. The molecule has 1 heterocycles. The second-order valence-corrected chi connectivity index (χ2v) is 4.08. The maximum Gasteiger partial charge on any atom is 0.409 e. The minimum absolute atomic E-state index is 0.137. The van der Waals surface area contributed by atoms with E-state index in [1.807, 2.05) is 11.8 Å². The van der Waals surface area contributed by atoms with Crippen molar-refractivity contribution in [1.29, 1.82) is 0 Å². The summed E-state index contributed by atoms with van der Waals surface area (Å²) in [5.74, 6) is 0.819. The molecule has 0 N–H and O–H groups in total. The quantitative estimate of drug-likeness (QED) is 0.649. The van der Waals surface area contributed by atoms with Crippen LogP contribution in [0.5, 0.6) is 0 Å². The van der Waals surface area contributed by atoms with Crippen LogP contribution in [0.3, 0.4) is 0 Å². The molecule has 0 unspecified atom stereocenters. The average Bonchev–Trinajstić information content (AvgIpc) is 2.11. The van der Waals surface area contributed by atoms with Gasteiger partial charge in [0.1, 0.15) is 0 Å². The zero-order valence-electron chi connectivity index (χ0n) is 9.29. The molecule has 14 heavy (non-hydrogen) atoms. The Morgan fingerprint density at radius 3 is 2.43 bits per heavy atom. The standard InChI is InChI=1S/C11H21NO2/c1-3-14-11(13)12-8-4-6-10(2)7-5-9-12/h10H,3-9H2,1-2H3. The molecule has 1 amide bonds. The SMILES string of the molecule is CCOC(=O)N1CCCC(C)CCC1. The van der Waals surface area contributed by atoms with Crippen LogP contribution in [-0.2, 0) is 4.74 Å². The summed E-state index contributed by atoms with van der Waals surface area (Å²) in [5, 5.41) is 0. The number of likely N-dealkylation sites (tertiary alicyclic amines) is 1. The molecule has 0 radical (unpaired) electrons. The third-order valence-corrected chi connectivity index (χ3v) is 2.78. The zero-order chi connectivity index (χ0) is 10.4. The normalized spacial score (nSPS) is 20.0. The summed E-state index contributed by atoms with van der Waals surface area (Å²) in [6.45, 7) is 6.35. The molecule has 0 bridgehead atoms. The molecule has 0 aliphatic carbocycles. The number of nitrogens with zero attached hydrogens (tertiary/aromatic N) is 1. The van der Waals surface area contributed by atoms with Gasteiger partial charge in [0.05, 0.1) is 6.61 Å². The van der Waals surface area contributed by atoms with Crippen LogP contribution in [0.25, 0.3) is 0 Å². The summed E-state index contributed by atoms with van der Waals surface area (Å²) in [6.07, 6.45) is 4.55. The van der Waals surface area contributed by atoms with Gasteiger partial charge in [0.15, 0.2) is 0 Å². The van der Waals surface area contributed by atoms with Crippen LogP contribution in [0.4, 0.5) is 4.79 Å². The predicted molar refractivity (Wildman–Crippen MR) is 56.2 cm³/mol. The lowest BCUT2D eigenvalue weighted by Crippen LogP contribution is -2.34. The molecule has 0 atom stereocenters. The van der Waals surface area contributed by atoms with Gasteiger partial charge in [-0.15, -0.1) is 0 Å². The van der Waals surface area contributed by atoms with E-state index in [2.05, 4.69) is 6.92 Å². The van der Waals surface area contributed by atoms with Gasteiger partial charge in [0.2, 0.25) is 0 Å². The van der Waals surface area contributed by atoms with Crippen LogP contribution in [0.15, 0.2) is 0 Å². The predicted octanol–water partition coefficient (Wildman–Crippen LogP) is 2.66. The lowest BCUT2D eigenvalue weighted by Gasteiger charge is -2.25. The second kappa shape index (κ2) is 5.89. The highest BCUT2D eigenvalue weighted by atomic mass is 16.6. The first kappa shape index (κ1) is 11.3. The van der Waals surface area contributed by atoms with Crippen molar-refractivity contribution in [2.75, 3.05) is 19.7 Å². The van der Waals surface area contributed by atoms with Gasteiger partial charge in [-0.05, 0) is 38.5 Å². The van der Waals surface area contributed by atoms with Crippen molar-refractivity contribution in [3.05, 3.63) is 0 Å². The van der Waals surface area contributed by atoms with E-state index >= 15 is 0 Å². The molecule has 82 valence electrons. The number of hydrogen-bond donors (Lipinski definition) is 0. The van der Waals surface area contributed by atoms with E-state index in [-0.39, 0.29) is 6.09 Å². The van der Waals surface area contributed by atoms with E-state index in [9.17, 15) is 4.79 Å². The van der Waals surface area contributed by atoms with E-state index in [1.165, 1.54) is 12.8 Å².